The van der Waals surface area contributed by atoms with Crippen LogP contribution >= 0.6 is 0 Å². The van der Waals surface area contributed by atoms with Crippen LogP contribution in [0.15, 0.2) is 11.5 Å². The molecule has 1 radical (unpaired) electrons. The van der Waals surface area contributed by atoms with Crippen molar-refractivity contribution in [2.45, 2.75) is 52.2 Å². The highest BCUT2D eigenvalue weighted by atomic mass is 16.5. The zero-order valence-electron chi connectivity index (χ0n) is 12.4. The first kappa shape index (κ1) is 15.7. The molecule has 4 heteroatoms. The molecule has 0 fully saturated rings. The van der Waals surface area contributed by atoms with Gasteiger partial charge in [0.1, 0.15) is 0 Å². The van der Waals surface area contributed by atoms with Crippen LogP contribution in [0.2, 0.25) is 0 Å². The Kier molecular flexibility index (Phi) is 5.89. The van der Waals surface area contributed by atoms with Gasteiger partial charge in [-0.2, -0.15) is 0 Å². The Morgan fingerprint density at radius 3 is 2.78 bits per heavy atom. The van der Waals surface area contributed by atoms with Crippen molar-refractivity contribution in [1.82, 2.24) is 4.90 Å². The summed E-state index contributed by atoms with van der Waals surface area (Å²) >= 11 is 0. The number of hydrogen-bond acceptors (Lipinski definition) is 3. The standard InChI is InChI=1S/C14H27BNO2/c1-6-16(5)13-8-11(2)7-12(9-13)15-18-14(3,4)10-17/h7,11,13,17H,6,8-10H2,1-5H3/t11-,13-/m1/s1. The van der Waals surface area contributed by atoms with E-state index in [0.717, 1.165) is 13.0 Å². The first-order chi connectivity index (χ1) is 8.38. The number of hydrogen-bond donors (Lipinski definition) is 1. The van der Waals surface area contributed by atoms with Gasteiger partial charge in [-0.1, -0.05) is 25.4 Å². The largest absolute Gasteiger partial charge is 0.428 e. The molecular formula is C14H27BNO2. The van der Waals surface area contributed by atoms with Crippen molar-refractivity contribution in [3.05, 3.63) is 11.5 Å². The van der Waals surface area contributed by atoms with Crippen molar-refractivity contribution in [3.63, 3.8) is 0 Å². The summed E-state index contributed by atoms with van der Waals surface area (Å²) < 4.78 is 5.67. The van der Waals surface area contributed by atoms with Crippen molar-refractivity contribution in [2.75, 3.05) is 20.2 Å². The fourth-order valence-corrected chi connectivity index (χ4v) is 2.24. The van der Waals surface area contributed by atoms with Gasteiger partial charge < -0.3 is 14.7 Å². The van der Waals surface area contributed by atoms with Crippen LogP contribution in [-0.4, -0.2) is 49.3 Å². The summed E-state index contributed by atoms with van der Waals surface area (Å²) in [4.78, 5) is 2.40. The van der Waals surface area contributed by atoms with E-state index in [-0.39, 0.29) is 6.61 Å². The van der Waals surface area contributed by atoms with Gasteiger partial charge in [-0.15, -0.1) is 0 Å². The van der Waals surface area contributed by atoms with Crippen molar-refractivity contribution in [2.24, 2.45) is 5.92 Å². The maximum absolute atomic E-state index is 9.18. The molecule has 0 bridgehead atoms. The van der Waals surface area contributed by atoms with E-state index in [4.69, 9.17) is 4.65 Å². The highest BCUT2D eigenvalue weighted by Gasteiger charge is 2.25. The van der Waals surface area contributed by atoms with Crippen molar-refractivity contribution < 1.29 is 9.76 Å². The van der Waals surface area contributed by atoms with Crippen LogP contribution in [0.25, 0.3) is 0 Å². The average Bonchev–Trinajstić information content (AvgIpc) is 2.35. The molecule has 0 saturated heterocycles. The average molecular weight is 252 g/mol. The van der Waals surface area contributed by atoms with E-state index in [0.29, 0.717) is 12.0 Å². The Bertz CT molecular complexity index is 292. The molecule has 0 saturated carbocycles. The molecule has 0 aromatic rings. The maximum atomic E-state index is 9.18. The minimum absolute atomic E-state index is 0.0324. The van der Waals surface area contributed by atoms with Gasteiger partial charge in [0.25, 0.3) is 0 Å². The van der Waals surface area contributed by atoms with Gasteiger partial charge in [0, 0.05) is 6.04 Å². The lowest BCUT2D eigenvalue weighted by Gasteiger charge is -2.34. The smallest absolute Gasteiger partial charge is 0.326 e. The predicted molar refractivity (Wildman–Crippen MR) is 76.6 cm³/mol. The molecule has 1 rings (SSSR count). The second-order valence-corrected chi connectivity index (χ2v) is 6.04. The second-order valence-electron chi connectivity index (χ2n) is 6.04. The molecule has 1 aliphatic carbocycles. The summed E-state index contributed by atoms with van der Waals surface area (Å²) in [5, 5.41) is 9.18. The maximum Gasteiger partial charge on any atom is 0.326 e. The van der Waals surface area contributed by atoms with Gasteiger partial charge >= 0.3 is 7.48 Å². The number of nitrogens with zero attached hydrogens (tertiary/aromatic N) is 1. The van der Waals surface area contributed by atoms with Gasteiger partial charge in [-0.25, -0.2) is 0 Å². The molecule has 2 atom stereocenters. The van der Waals surface area contributed by atoms with E-state index in [2.05, 4.69) is 31.9 Å². The summed E-state index contributed by atoms with van der Waals surface area (Å²) in [6, 6.07) is 0.599. The number of aliphatic hydroxyl groups excluding tert-OH is 1. The first-order valence-corrected chi connectivity index (χ1v) is 6.90. The van der Waals surface area contributed by atoms with Gasteiger partial charge in [0.15, 0.2) is 0 Å². The van der Waals surface area contributed by atoms with Gasteiger partial charge in [-0.05, 0) is 46.2 Å². The van der Waals surface area contributed by atoms with Crippen LogP contribution < -0.4 is 0 Å². The van der Waals surface area contributed by atoms with E-state index >= 15 is 0 Å². The molecule has 1 aliphatic rings. The van der Waals surface area contributed by atoms with Gasteiger partial charge in [0.05, 0.1) is 12.2 Å². The van der Waals surface area contributed by atoms with Crippen molar-refractivity contribution in [1.29, 1.82) is 0 Å². The fourth-order valence-electron chi connectivity index (χ4n) is 2.24. The molecule has 0 aromatic heterocycles. The predicted octanol–water partition coefficient (Wildman–Crippen LogP) is 2.03. The molecule has 0 spiro atoms. The summed E-state index contributed by atoms with van der Waals surface area (Å²) in [6.45, 7) is 9.34. The van der Waals surface area contributed by atoms with Crippen molar-refractivity contribution in [3.8, 4) is 0 Å². The Hall–Kier alpha value is -0.315. The van der Waals surface area contributed by atoms with E-state index in [9.17, 15) is 5.11 Å². The Morgan fingerprint density at radius 1 is 1.56 bits per heavy atom. The third-order valence-electron chi connectivity index (χ3n) is 3.65. The van der Waals surface area contributed by atoms with E-state index in [1.165, 1.54) is 11.9 Å². The van der Waals surface area contributed by atoms with Crippen LogP contribution in [0.5, 0.6) is 0 Å². The SMILES string of the molecule is CCN(C)[C@H]1CC([B]OC(C)(C)CO)=C[C@@H](C)C1. The van der Waals surface area contributed by atoms with Crippen LogP contribution in [0.4, 0.5) is 0 Å². The van der Waals surface area contributed by atoms with Crippen LogP contribution in [-0.2, 0) is 4.65 Å². The third kappa shape index (κ3) is 4.75. The summed E-state index contributed by atoms with van der Waals surface area (Å²) in [6.07, 6.45) is 4.54. The molecular weight excluding hydrogens is 225 g/mol. The number of rotatable bonds is 6. The Morgan fingerprint density at radius 2 is 2.22 bits per heavy atom. The second kappa shape index (κ2) is 6.74. The zero-order valence-corrected chi connectivity index (χ0v) is 12.4. The lowest BCUT2D eigenvalue weighted by atomic mass is 9.74. The zero-order chi connectivity index (χ0) is 13.8. The first-order valence-electron chi connectivity index (χ1n) is 6.90. The molecule has 0 unspecified atom stereocenters. The van der Waals surface area contributed by atoms with Gasteiger partial charge in [0.2, 0.25) is 0 Å². The lowest BCUT2D eigenvalue weighted by Crippen LogP contribution is -2.37. The van der Waals surface area contributed by atoms with Gasteiger partial charge in [-0.3, -0.25) is 0 Å². The molecule has 0 aromatic carbocycles. The molecule has 0 heterocycles. The topological polar surface area (TPSA) is 32.7 Å². The monoisotopic (exact) mass is 252 g/mol. The molecule has 3 nitrogen and oxygen atoms in total. The molecule has 0 aliphatic heterocycles. The number of allylic oxidation sites excluding steroid dienone is 1. The highest BCUT2D eigenvalue weighted by molar-refractivity contribution is 6.38. The highest BCUT2D eigenvalue weighted by Crippen LogP contribution is 2.26. The summed E-state index contributed by atoms with van der Waals surface area (Å²) in [5.41, 5.74) is 0.758. The molecule has 18 heavy (non-hydrogen) atoms. The molecule has 1 N–H and O–H groups in total. The normalized spacial score (nSPS) is 25.2. The van der Waals surface area contributed by atoms with E-state index in [1.54, 1.807) is 0 Å². The van der Waals surface area contributed by atoms with E-state index in [1.807, 2.05) is 21.3 Å². The van der Waals surface area contributed by atoms with Crippen LogP contribution in [0, 0.1) is 5.92 Å². The minimum Gasteiger partial charge on any atom is -0.428 e. The van der Waals surface area contributed by atoms with Crippen LogP contribution in [0.1, 0.15) is 40.5 Å². The van der Waals surface area contributed by atoms with Crippen LogP contribution in [0.3, 0.4) is 0 Å². The summed E-state index contributed by atoms with van der Waals surface area (Å²) in [7, 11) is 4.02. The van der Waals surface area contributed by atoms with E-state index < -0.39 is 5.60 Å². The Balaban J connectivity index is 2.55. The lowest BCUT2D eigenvalue weighted by molar-refractivity contribution is 0.0450. The Labute approximate surface area is 112 Å². The summed E-state index contributed by atoms with van der Waals surface area (Å²) in [5.74, 6) is 0.588. The minimum atomic E-state index is -0.492. The molecule has 0 amide bonds. The third-order valence-corrected chi connectivity index (χ3v) is 3.65. The van der Waals surface area contributed by atoms with Crippen molar-refractivity contribution >= 4 is 7.48 Å². The fraction of sp³-hybridized carbons (Fsp3) is 0.857. The molecule has 103 valence electrons. The number of aliphatic hydroxyl groups is 1. The quantitative estimate of drug-likeness (QED) is 0.734.